The van der Waals surface area contributed by atoms with Crippen LogP contribution in [-0.4, -0.2) is 78.6 Å². The highest BCUT2D eigenvalue weighted by atomic mass is 16.5. The Morgan fingerprint density at radius 1 is 1.12 bits per heavy atom. The van der Waals surface area contributed by atoms with Gasteiger partial charge in [0.2, 0.25) is 0 Å². The van der Waals surface area contributed by atoms with Crippen molar-refractivity contribution in [2.45, 2.75) is 31.5 Å². The Bertz CT molecular complexity index is 503. The molecule has 1 aromatic carbocycles. The third kappa shape index (κ3) is 4.77. The number of aryl methyl sites for hydroxylation is 1. The highest BCUT2D eigenvalue weighted by Gasteiger charge is 2.23. The van der Waals surface area contributed by atoms with E-state index < -0.39 is 6.10 Å². The molecule has 1 aliphatic heterocycles. The van der Waals surface area contributed by atoms with Crippen LogP contribution >= 0.6 is 0 Å². The summed E-state index contributed by atoms with van der Waals surface area (Å²) in [6.45, 7) is 5.86. The minimum atomic E-state index is -0.441. The molecule has 3 rings (SSSR count). The normalized spacial score (nSPS) is 23.8. The van der Waals surface area contributed by atoms with Crippen molar-refractivity contribution in [3.63, 3.8) is 0 Å². The quantitative estimate of drug-likeness (QED) is 0.781. The molecule has 1 aliphatic carbocycles. The molecule has 0 spiro atoms. The van der Waals surface area contributed by atoms with E-state index in [9.17, 15) is 5.11 Å². The monoisotopic (exact) mass is 334 g/mol. The number of benzene rings is 1. The first-order chi connectivity index (χ1) is 11.8. The van der Waals surface area contributed by atoms with Crippen LogP contribution in [0.15, 0.2) is 24.3 Å². The van der Waals surface area contributed by atoms with Crippen molar-refractivity contribution in [1.29, 1.82) is 0 Å². The van der Waals surface area contributed by atoms with Gasteiger partial charge in [0.25, 0.3) is 0 Å². The summed E-state index contributed by atoms with van der Waals surface area (Å²) in [4.78, 5) is 4.55. The van der Waals surface area contributed by atoms with Gasteiger partial charge in [-0.3, -0.25) is 9.80 Å². The molecule has 0 amide bonds. The molecule has 0 radical (unpaired) electrons. The second-order valence-electron chi connectivity index (χ2n) is 6.93. The Morgan fingerprint density at radius 3 is 2.67 bits per heavy atom. The molecule has 2 atom stereocenters. The zero-order valence-corrected chi connectivity index (χ0v) is 14.4. The fourth-order valence-corrected chi connectivity index (χ4v) is 3.80. The summed E-state index contributed by atoms with van der Waals surface area (Å²) in [6, 6.07) is 8.51. The predicted octanol–water partition coefficient (Wildman–Crippen LogP) is 1.05. The Morgan fingerprint density at radius 2 is 1.88 bits per heavy atom. The van der Waals surface area contributed by atoms with Gasteiger partial charge in [-0.15, -0.1) is 0 Å². The summed E-state index contributed by atoms with van der Waals surface area (Å²) < 4.78 is 6.05. The highest BCUT2D eigenvalue weighted by Crippen LogP contribution is 2.32. The summed E-state index contributed by atoms with van der Waals surface area (Å²) in [5.74, 6) is 0. The molecule has 0 bridgehead atoms. The Labute approximate surface area is 144 Å². The first kappa shape index (κ1) is 17.8. The standard InChI is InChI=1S/C19H30N2O3/c22-13-12-20-8-10-21(11-9-20)14-17(23)15-24-19-7-3-5-16-4-1-2-6-18(16)19/h1-2,4,6,17,19,22-23H,3,5,7-15H2/t17-,19+/m0/s1. The Hall–Kier alpha value is -0.980. The summed E-state index contributed by atoms with van der Waals surface area (Å²) in [6.07, 6.45) is 3.03. The van der Waals surface area contributed by atoms with Gasteiger partial charge in [0.1, 0.15) is 0 Å². The van der Waals surface area contributed by atoms with Crippen molar-refractivity contribution in [3.05, 3.63) is 35.4 Å². The van der Waals surface area contributed by atoms with Crippen molar-refractivity contribution in [3.8, 4) is 0 Å². The maximum absolute atomic E-state index is 10.3. The molecule has 1 fully saturated rings. The lowest BCUT2D eigenvalue weighted by Gasteiger charge is -2.35. The van der Waals surface area contributed by atoms with E-state index in [4.69, 9.17) is 9.84 Å². The van der Waals surface area contributed by atoms with Crippen LogP contribution in [0.2, 0.25) is 0 Å². The molecule has 24 heavy (non-hydrogen) atoms. The molecule has 2 aliphatic rings. The maximum Gasteiger partial charge on any atom is 0.0900 e. The van der Waals surface area contributed by atoms with E-state index in [0.717, 1.165) is 52.0 Å². The number of rotatable bonds is 7. The summed E-state index contributed by atoms with van der Waals surface area (Å²) in [5.41, 5.74) is 2.69. The molecule has 5 nitrogen and oxygen atoms in total. The molecule has 2 N–H and O–H groups in total. The second kappa shape index (κ2) is 8.92. The summed E-state index contributed by atoms with van der Waals surface area (Å²) in [7, 11) is 0. The van der Waals surface area contributed by atoms with Gasteiger partial charge in [-0.05, 0) is 30.4 Å². The number of fused-ring (bicyclic) bond motifs is 1. The average Bonchev–Trinajstić information content (AvgIpc) is 2.62. The van der Waals surface area contributed by atoms with Crippen LogP contribution in [-0.2, 0) is 11.2 Å². The molecular formula is C19H30N2O3. The summed E-state index contributed by atoms with van der Waals surface area (Å²) >= 11 is 0. The zero-order chi connectivity index (χ0) is 16.8. The van der Waals surface area contributed by atoms with E-state index in [2.05, 4.69) is 34.1 Å². The minimum Gasteiger partial charge on any atom is -0.395 e. The lowest BCUT2D eigenvalue weighted by atomic mass is 9.89. The van der Waals surface area contributed by atoms with Crippen LogP contribution in [0, 0.1) is 0 Å². The van der Waals surface area contributed by atoms with Crippen LogP contribution in [0.4, 0.5) is 0 Å². The van der Waals surface area contributed by atoms with Gasteiger partial charge in [-0.25, -0.2) is 0 Å². The molecule has 0 aromatic heterocycles. The molecule has 1 aromatic rings. The Kier molecular flexibility index (Phi) is 6.63. The van der Waals surface area contributed by atoms with Crippen molar-refractivity contribution in [2.75, 3.05) is 52.5 Å². The number of ether oxygens (including phenoxy) is 1. The fraction of sp³-hybridized carbons (Fsp3) is 0.684. The number of nitrogens with zero attached hydrogens (tertiary/aromatic N) is 2. The minimum absolute atomic E-state index is 0.131. The van der Waals surface area contributed by atoms with Crippen molar-refractivity contribution >= 4 is 0 Å². The van der Waals surface area contributed by atoms with E-state index in [1.165, 1.54) is 11.1 Å². The van der Waals surface area contributed by atoms with Gasteiger partial charge in [-0.2, -0.15) is 0 Å². The van der Waals surface area contributed by atoms with Crippen LogP contribution < -0.4 is 0 Å². The van der Waals surface area contributed by atoms with E-state index in [-0.39, 0.29) is 12.7 Å². The molecule has 134 valence electrons. The van der Waals surface area contributed by atoms with Crippen LogP contribution in [0.3, 0.4) is 0 Å². The van der Waals surface area contributed by atoms with Gasteiger partial charge in [0.15, 0.2) is 0 Å². The highest BCUT2D eigenvalue weighted by molar-refractivity contribution is 5.31. The maximum atomic E-state index is 10.3. The third-order valence-electron chi connectivity index (χ3n) is 5.15. The zero-order valence-electron chi connectivity index (χ0n) is 14.4. The molecule has 1 saturated heterocycles. The molecular weight excluding hydrogens is 304 g/mol. The fourth-order valence-electron chi connectivity index (χ4n) is 3.80. The molecule has 0 saturated carbocycles. The second-order valence-corrected chi connectivity index (χ2v) is 6.93. The summed E-state index contributed by atoms with van der Waals surface area (Å²) in [5, 5.41) is 19.3. The van der Waals surface area contributed by atoms with E-state index in [0.29, 0.717) is 13.2 Å². The predicted molar refractivity (Wildman–Crippen MR) is 94.0 cm³/mol. The number of β-amino-alcohol motifs (C(OH)–C–C–N with tert-alkyl or cyclic N) is 2. The van der Waals surface area contributed by atoms with E-state index in [1.54, 1.807) is 0 Å². The van der Waals surface area contributed by atoms with Gasteiger partial charge in [-0.1, -0.05) is 24.3 Å². The van der Waals surface area contributed by atoms with Gasteiger partial charge >= 0.3 is 0 Å². The molecule has 0 unspecified atom stereocenters. The number of aliphatic hydroxyl groups excluding tert-OH is 2. The number of hydrogen-bond acceptors (Lipinski definition) is 5. The van der Waals surface area contributed by atoms with Gasteiger partial charge in [0.05, 0.1) is 25.4 Å². The molecule has 1 heterocycles. The average molecular weight is 334 g/mol. The first-order valence-electron chi connectivity index (χ1n) is 9.19. The lowest BCUT2D eigenvalue weighted by molar-refractivity contribution is -0.0325. The topological polar surface area (TPSA) is 56.2 Å². The lowest BCUT2D eigenvalue weighted by Crippen LogP contribution is -2.49. The van der Waals surface area contributed by atoms with Crippen molar-refractivity contribution in [2.24, 2.45) is 0 Å². The SMILES string of the molecule is OCCN1CCN(C[C@H](O)CO[C@@H]2CCCc3ccccc32)CC1. The van der Waals surface area contributed by atoms with Gasteiger partial charge < -0.3 is 14.9 Å². The molecule has 5 heteroatoms. The van der Waals surface area contributed by atoms with Crippen LogP contribution in [0.5, 0.6) is 0 Å². The van der Waals surface area contributed by atoms with E-state index in [1.807, 2.05) is 0 Å². The van der Waals surface area contributed by atoms with Crippen molar-refractivity contribution < 1.29 is 14.9 Å². The van der Waals surface area contributed by atoms with E-state index >= 15 is 0 Å². The van der Waals surface area contributed by atoms with Crippen LogP contribution in [0.25, 0.3) is 0 Å². The Balaban J connectivity index is 1.41. The first-order valence-corrected chi connectivity index (χ1v) is 9.19. The number of piperazine rings is 1. The van der Waals surface area contributed by atoms with Crippen LogP contribution in [0.1, 0.15) is 30.1 Å². The largest absolute Gasteiger partial charge is 0.395 e. The van der Waals surface area contributed by atoms with Crippen molar-refractivity contribution in [1.82, 2.24) is 9.80 Å². The number of aliphatic hydroxyl groups is 2. The smallest absolute Gasteiger partial charge is 0.0900 e. The van der Waals surface area contributed by atoms with Gasteiger partial charge in [0, 0.05) is 39.3 Å². The third-order valence-corrected chi connectivity index (χ3v) is 5.15. The number of hydrogen-bond donors (Lipinski definition) is 2.